The van der Waals surface area contributed by atoms with Crippen LogP contribution < -0.4 is 10.1 Å². The van der Waals surface area contributed by atoms with Crippen LogP contribution >= 0.6 is 0 Å². The van der Waals surface area contributed by atoms with Gasteiger partial charge in [-0.1, -0.05) is 24.3 Å². The van der Waals surface area contributed by atoms with Crippen molar-refractivity contribution < 1.29 is 18.7 Å². The molecule has 188 valence electrons. The Kier molecular flexibility index (Phi) is 7.23. The van der Waals surface area contributed by atoms with Gasteiger partial charge in [0.25, 0.3) is 0 Å². The highest BCUT2D eigenvalue weighted by atomic mass is 16.5. The molecule has 0 amide bonds. The van der Waals surface area contributed by atoms with Crippen LogP contribution in [0.1, 0.15) is 34.7 Å². The van der Waals surface area contributed by atoms with E-state index in [2.05, 4.69) is 33.0 Å². The van der Waals surface area contributed by atoms with Crippen LogP contribution in [0.15, 0.2) is 65.1 Å². The number of hydrogen-bond acceptors (Lipinski definition) is 7. The van der Waals surface area contributed by atoms with Gasteiger partial charge >= 0.3 is 5.97 Å². The Morgan fingerprint density at radius 1 is 1.06 bits per heavy atom. The van der Waals surface area contributed by atoms with E-state index in [0.29, 0.717) is 18.3 Å². The highest BCUT2D eigenvalue weighted by molar-refractivity contribution is 5.86. The minimum Gasteiger partial charge on any atom is -0.497 e. The lowest BCUT2D eigenvalue weighted by molar-refractivity contribution is 0.0563. The van der Waals surface area contributed by atoms with Crippen LogP contribution in [-0.2, 0) is 17.7 Å². The molecule has 2 aromatic heterocycles. The van der Waals surface area contributed by atoms with Crippen molar-refractivity contribution in [3.63, 3.8) is 0 Å². The molecule has 1 saturated heterocycles. The molecule has 0 unspecified atom stereocenters. The lowest BCUT2D eigenvalue weighted by Crippen LogP contribution is -2.40. The number of nitrogens with zero attached hydrogens (tertiary/aromatic N) is 3. The van der Waals surface area contributed by atoms with Crippen LogP contribution in [0.25, 0.3) is 11.0 Å². The van der Waals surface area contributed by atoms with Crippen LogP contribution in [-0.4, -0.2) is 60.3 Å². The third-order valence-electron chi connectivity index (χ3n) is 6.81. The highest BCUT2D eigenvalue weighted by Crippen LogP contribution is 2.25. The van der Waals surface area contributed by atoms with Gasteiger partial charge in [-0.15, -0.1) is 0 Å². The Morgan fingerprint density at radius 3 is 2.58 bits per heavy atom. The van der Waals surface area contributed by atoms with Gasteiger partial charge in [-0.25, -0.2) is 9.78 Å². The Labute approximate surface area is 210 Å². The second-order valence-electron chi connectivity index (χ2n) is 9.13. The molecule has 0 aliphatic carbocycles. The minimum atomic E-state index is -0.478. The maximum absolute atomic E-state index is 11.8. The van der Waals surface area contributed by atoms with E-state index in [-0.39, 0.29) is 5.76 Å². The second kappa shape index (κ2) is 10.9. The molecular formula is C28H32N4O4. The van der Waals surface area contributed by atoms with E-state index >= 15 is 0 Å². The maximum Gasteiger partial charge on any atom is 0.373 e. The fraction of sp³-hybridized carbons (Fsp3) is 0.357. The van der Waals surface area contributed by atoms with E-state index in [4.69, 9.17) is 18.9 Å². The lowest BCUT2D eigenvalue weighted by atomic mass is 10.0. The van der Waals surface area contributed by atoms with Gasteiger partial charge < -0.3 is 28.7 Å². The molecule has 0 bridgehead atoms. The van der Waals surface area contributed by atoms with E-state index in [1.807, 2.05) is 36.4 Å². The third kappa shape index (κ3) is 5.39. The van der Waals surface area contributed by atoms with Crippen LogP contribution in [0.3, 0.4) is 0 Å². The summed E-state index contributed by atoms with van der Waals surface area (Å²) in [6.45, 7) is 3.63. The smallest absolute Gasteiger partial charge is 0.373 e. The van der Waals surface area contributed by atoms with Gasteiger partial charge in [0.05, 0.1) is 31.8 Å². The number of ether oxygens (including phenoxy) is 2. The summed E-state index contributed by atoms with van der Waals surface area (Å²) < 4.78 is 17.9. The Bertz CT molecular complexity index is 1300. The number of fused-ring (bicyclic) bond motifs is 1. The lowest BCUT2D eigenvalue weighted by Gasteiger charge is -2.32. The van der Waals surface area contributed by atoms with E-state index in [9.17, 15) is 4.79 Å². The summed E-state index contributed by atoms with van der Waals surface area (Å²) in [5, 5.41) is 3.68. The summed E-state index contributed by atoms with van der Waals surface area (Å²) in [6.07, 6.45) is 3.15. The topological polar surface area (TPSA) is 81.8 Å². The van der Waals surface area contributed by atoms with Crippen molar-refractivity contribution in [2.75, 3.05) is 39.2 Å². The number of aromatic nitrogens is 2. The molecule has 1 fully saturated rings. The molecule has 1 N–H and O–H groups in total. The molecule has 8 heteroatoms. The molecule has 4 aromatic rings. The molecule has 0 saturated carbocycles. The third-order valence-corrected chi connectivity index (χ3v) is 6.81. The minimum absolute atomic E-state index is 0.202. The molecule has 0 atom stereocenters. The van der Waals surface area contributed by atoms with Crippen molar-refractivity contribution >= 4 is 23.0 Å². The van der Waals surface area contributed by atoms with Crippen molar-refractivity contribution in [1.29, 1.82) is 0 Å². The zero-order valence-electron chi connectivity index (χ0n) is 20.8. The van der Waals surface area contributed by atoms with Crippen molar-refractivity contribution in [3.05, 3.63) is 77.7 Å². The summed E-state index contributed by atoms with van der Waals surface area (Å²) >= 11 is 0. The Balaban J connectivity index is 1.22. The average molecular weight is 489 g/mol. The van der Waals surface area contributed by atoms with Crippen LogP contribution in [0.2, 0.25) is 0 Å². The molecule has 5 rings (SSSR count). The van der Waals surface area contributed by atoms with Crippen LogP contribution in [0.5, 0.6) is 5.75 Å². The van der Waals surface area contributed by atoms with Gasteiger partial charge in [0.15, 0.2) is 0 Å². The molecule has 0 radical (unpaired) electrons. The number of piperidine rings is 1. The van der Waals surface area contributed by atoms with Crippen LogP contribution in [0.4, 0.5) is 5.95 Å². The number of rotatable bonds is 9. The number of likely N-dealkylation sites (tertiary alicyclic amines) is 1. The standard InChI is InChI=1S/C28H32N4O4/c1-34-22-9-7-20(8-10-22)13-16-31-17-14-21(15-18-31)29-28-30-24-5-3-4-6-25(24)32(28)19-23-11-12-26(36-23)27(33)35-2/h3-12,21H,13-19H2,1-2H3,(H,29,30). The number of imidazole rings is 1. The van der Waals surface area contributed by atoms with Crippen molar-refractivity contribution in [2.45, 2.75) is 31.8 Å². The summed E-state index contributed by atoms with van der Waals surface area (Å²) in [4.78, 5) is 19.2. The van der Waals surface area contributed by atoms with Gasteiger partial charge in [0.1, 0.15) is 11.5 Å². The number of hydrogen-bond donors (Lipinski definition) is 1. The quantitative estimate of drug-likeness (QED) is 0.345. The number of carbonyl (C=O) groups excluding carboxylic acids is 1. The first-order valence-corrected chi connectivity index (χ1v) is 12.4. The number of furan rings is 1. The second-order valence-corrected chi connectivity index (χ2v) is 9.13. The van der Waals surface area contributed by atoms with Gasteiger partial charge in [0.2, 0.25) is 11.7 Å². The summed E-state index contributed by atoms with van der Waals surface area (Å²) in [7, 11) is 3.04. The summed E-state index contributed by atoms with van der Waals surface area (Å²) in [5.41, 5.74) is 3.28. The first kappa shape index (κ1) is 23.9. The first-order chi connectivity index (χ1) is 17.6. The van der Waals surface area contributed by atoms with Gasteiger partial charge in [-0.2, -0.15) is 0 Å². The predicted octanol–water partition coefficient (Wildman–Crippen LogP) is 4.59. The van der Waals surface area contributed by atoms with Gasteiger partial charge in [-0.3, -0.25) is 0 Å². The largest absolute Gasteiger partial charge is 0.497 e. The van der Waals surface area contributed by atoms with E-state index < -0.39 is 5.97 Å². The zero-order chi connectivity index (χ0) is 24.9. The predicted molar refractivity (Wildman–Crippen MR) is 139 cm³/mol. The summed E-state index contributed by atoms with van der Waals surface area (Å²) in [5.74, 6) is 2.12. The molecule has 3 heterocycles. The van der Waals surface area contributed by atoms with E-state index in [1.165, 1.54) is 12.7 Å². The number of benzene rings is 2. The Morgan fingerprint density at radius 2 is 1.83 bits per heavy atom. The monoisotopic (exact) mass is 488 g/mol. The number of anilines is 1. The SMILES string of the molecule is COC(=O)c1ccc(Cn2c(NC3CCN(CCc4ccc(OC)cc4)CC3)nc3ccccc32)o1. The number of nitrogens with one attached hydrogen (secondary N) is 1. The highest BCUT2D eigenvalue weighted by Gasteiger charge is 2.22. The molecule has 1 aliphatic rings. The van der Waals surface area contributed by atoms with E-state index in [1.54, 1.807) is 13.2 Å². The number of esters is 1. The molecule has 36 heavy (non-hydrogen) atoms. The number of methoxy groups -OCH3 is 2. The zero-order valence-corrected chi connectivity index (χ0v) is 20.8. The number of carbonyl (C=O) groups is 1. The van der Waals surface area contributed by atoms with E-state index in [0.717, 1.165) is 61.6 Å². The molecule has 1 aliphatic heterocycles. The van der Waals surface area contributed by atoms with Crippen molar-refractivity contribution in [3.8, 4) is 5.75 Å². The molecule has 0 spiro atoms. The van der Waals surface area contributed by atoms with Crippen LogP contribution in [0, 0.1) is 0 Å². The fourth-order valence-corrected chi connectivity index (χ4v) is 4.74. The van der Waals surface area contributed by atoms with Crippen molar-refractivity contribution in [2.24, 2.45) is 0 Å². The van der Waals surface area contributed by atoms with Gasteiger partial charge in [-0.05, 0) is 61.2 Å². The normalized spacial score (nSPS) is 14.7. The number of para-hydroxylation sites is 2. The van der Waals surface area contributed by atoms with Gasteiger partial charge in [0, 0.05) is 25.7 Å². The molecule has 2 aromatic carbocycles. The average Bonchev–Trinajstić information content (AvgIpc) is 3.53. The Hall–Kier alpha value is -3.78. The fourth-order valence-electron chi connectivity index (χ4n) is 4.74. The molecular weight excluding hydrogens is 456 g/mol. The first-order valence-electron chi connectivity index (χ1n) is 12.4. The van der Waals surface area contributed by atoms with Crippen molar-refractivity contribution in [1.82, 2.24) is 14.5 Å². The maximum atomic E-state index is 11.8. The summed E-state index contributed by atoms with van der Waals surface area (Å²) in [6, 6.07) is 20.2. The molecule has 8 nitrogen and oxygen atoms in total.